The molecule has 2 aromatic carbocycles. The van der Waals surface area contributed by atoms with Crippen LogP contribution in [-0.4, -0.2) is 38.4 Å². The number of nitriles is 1. The molecule has 8 nitrogen and oxygen atoms in total. The van der Waals surface area contributed by atoms with Gasteiger partial charge >= 0.3 is 5.76 Å². The van der Waals surface area contributed by atoms with Crippen LogP contribution in [0, 0.1) is 11.3 Å². The molecule has 0 fully saturated rings. The number of oxazole rings is 1. The van der Waals surface area contributed by atoms with Crippen LogP contribution in [0.4, 0.5) is 0 Å². The van der Waals surface area contributed by atoms with E-state index in [1.807, 2.05) is 42.5 Å². The SMILES string of the molecule is CNCCS(=O)(=O)N[C@H](C#N)Cc1ccc(-c2ccc3oc(=O)n(C)c3c2)cc1. The van der Waals surface area contributed by atoms with Gasteiger partial charge in [0.2, 0.25) is 10.0 Å². The Kier molecular flexibility index (Phi) is 6.17. The summed E-state index contributed by atoms with van der Waals surface area (Å²) in [5.74, 6) is -0.494. The number of nitrogens with zero attached hydrogens (tertiary/aromatic N) is 2. The molecule has 0 saturated heterocycles. The number of sulfonamides is 1. The first-order valence-corrected chi connectivity index (χ1v) is 10.7. The van der Waals surface area contributed by atoms with Gasteiger partial charge in [-0.15, -0.1) is 0 Å². The maximum atomic E-state index is 12.0. The molecule has 1 heterocycles. The molecule has 0 bridgehead atoms. The van der Waals surface area contributed by atoms with Gasteiger partial charge in [-0.2, -0.15) is 9.98 Å². The van der Waals surface area contributed by atoms with Crippen molar-refractivity contribution in [1.82, 2.24) is 14.6 Å². The molecule has 0 spiro atoms. The van der Waals surface area contributed by atoms with E-state index < -0.39 is 21.8 Å². The van der Waals surface area contributed by atoms with Crippen molar-refractivity contribution in [3.05, 3.63) is 58.6 Å². The Hall–Kier alpha value is -2.93. The fourth-order valence-corrected chi connectivity index (χ4v) is 4.16. The lowest BCUT2D eigenvalue weighted by atomic mass is 10.0. The van der Waals surface area contributed by atoms with Gasteiger partial charge in [0, 0.05) is 20.0 Å². The summed E-state index contributed by atoms with van der Waals surface area (Å²) < 4.78 is 33.0. The Labute approximate surface area is 168 Å². The molecule has 1 aromatic heterocycles. The normalized spacial score (nSPS) is 12.7. The molecule has 0 aliphatic heterocycles. The Morgan fingerprint density at radius 1 is 1.17 bits per heavy atom. The van der Waals surface area contributed by atoms with Crippen LogP contribution in [0.1, 0.15) is 5.56 Å². The van der Waals surface area contributed by atoms with Gasteiger partial charge in [0.25, 0.3) is 0 Å². The minimum absolute atomic E-state index is 0.0837. The fourth-order valence-electron chi connectivity index (χ4n) is 3.00. The van der Waals surface area contributed by atoms with Crippen LogP contribution in [0.5, 0.6) is 0 Å². The Bertz CT molecular complexity index is 1200. The summed E-state index contributed by atoms with van der Waals surface area (Å²) in [6.07, 6.45) is 0.269. The number of aryl methyl sites for hydroxylation is 1. The molecular weight excluding hydrogens is 392 g/mol. The van der Waals surface area contributed by atoms with Crippen LogP contribution < -0.4 is 15.8 Å². The highest BCUT2D eigenvalue weighted by Gasteiger charge is 2.17. The Morgan fingerprint density at radius 2 is 1.86 bits per heavy atom. The third kappa shape index (κ3) is 4.92. The first-order valence-electron chi connectivity index (χ1n) is 9.06. The summed E-state index contributed by atoms with van der Waals surface area (Å²) in [6, 6.07) is 14.2. The summed E-state index contributed by atoms with van der Waals surface area (Å²) in [5.41, 5.74) is 3.93. The van der Waals surface area contributed by atoms with Gasteiger partial charge in [-0.05, 0) is 35.9 Å². The average Bonchev–Trinajstić information content (AvgIpc) is 2.99. The molecule has 29 heavy (non-hydrogen) atoms. The predicted octanol–water partition coefficient (Wildman–Crippen LogP) is 1.37. The lowest BCUT2D eigenvalue weighted by Crippen LogP contribution is -2.38. The molecule has 2 N–H and O–H groups in total. The van der Waals surface area contributed by atoms with Crippen molar-refractivity contribution in [3.63, 3.8) is 0 Å². The van der Waals surface area contributed by atoms with Crippen molar-refractivity contribution in [1.29, 1.82) is 5.26 Å². The number of nitrogens with one attached hydrogen (secondary N) is 2. The third-order valence-electron chi connectivity index (χ3n) is 4.62. The highest BCUT2D eigenvalue weighted by atomic mass is 32.2. The average molecular weight is 414 g/mol. The maximum Gasteiger partial charge on any atom is 0.419 e. The van der Waals surface area contributed by atoms with Crippen LogP contribution in [0.15, 0.2) is 51.7 Å². The highest BCUT2D eigenvalue weighted by molar-refractivity contribution is 7.89. The van der Waals surface area contributed by atoms with Crippen LogP contribution in [-0.2, 0) is 23.5 Å². The second kappa shape index (κ2) is 8.61. The number of hydrogen-bond donors (Lipinski definition) is 2. The summed E-state index contributed by atoms with van der Waals surface area (Å²) >= 11 is 0. The lowest BCUT2D eigenvalue weighted by Gasteiger charge is -2.12. The van der Waals surface area contributed by atoms with Gasteiger partial charge in [-0.25, -0.2) is 13.2 Å². The van der Waals surface area contributed by atoms with Crippen molar-refractivity contribution < 1.29 is 12.8 Å². The van der Waals surface area contributed by atoms with E-state index >= 15 is 0 Å². The Morgan fingerprint density at radius 3 is 2.52 bits per heavy atom. The van der Waals surface area contributed by atoms with Gasteiger partial charge in [0.1, 0.15) is 6.04 Å². The summed E-state index contributed by atoms with van der Waals surface area (Å²) in [5, 5.41) is 12.1. The van der Waals surface area contributed by atoms with Gasteiger partial charge < -0.3 is 9.73 Å². The molecule has 3 rings (SSSR count). The van der Waals surface area contributed by atoms with Crippen LogP contribution in [0.2, 0.25) is 0 Å². The monoisotopic (exact) mass is 414 g/mol. The van der Waals surface area contributed by atoms with Gasteiger partial charge in [-0.1, -0.05) is 30.3 Å². The van der Waals surface area contributed by atoms with Crippen LogP contribution in [0.3, 0.4) is 0 Å². The number of rotatable bonds is 8. The smallest absolute Gasteiger partial charge is 0.408 e. The number of benzene rings is 2. The first kappa shape index (κ1) is 20.8. The van der Waals surface area contributed by atoms with E-state index in [0.717, 1.165) is 16.7 Å². The molecular formula is C20H22N4O4S. The van der Waals surface area contributed by atoms with Crippen LogP contribution in [0.25, 0.3) is 22.2 Å². The van der Waals surface area contributed by atoms with E-state index in [-0.39, 0.29) is 12.2 Å². The Balaban J connectivity index is 1.75. The third-order valence-corrected chi connectivity index (χ3v) is 6.00. The molecule has 3 aromatic rings. The van der Waals surface area contributed by atoms with E-state index in [4.69, 9.17) is 4.42 Å². The molecule has 0 radical (unpaired) electrons. The molecule has 1 atom stereocenters. The zero-order valence-electron chi connectivity index (χ0n) is 16.2. The number of aromatic nitrogens is 1. The molecule has 0 aliphatic rings. The van der Waals surface area contributed by atoms with Gasteiger partial charge in [-0.3, -0.25) is 4.57 Å². The molecule has 0 amide bonds. The van der Waals surface area contributed by atoms with E-state index in [2.05, 4.69) is 10.0 Å². The highest BCUT2D eigenvalue weighted by Crippen LogP contribution is 2.24. The standard InChI is InChI=1S/C20H22N4O4S/c1-22-9-10-29(26,27)23-17(13-21)11-14-3-5-15(6-4-14)16-7-8-19-18(12-16)24(2)20(25)28-19/h3-8,12,17,22-23H,9-11H2,1-2H3/t17-/m0/s1. The van der Waals surface area contributed by atoms with E-state index in [1.54, 1.807) is 20.2 Å². The quantitative estimate of drug-likeness (QED) is 0.575. The molecule has 152 valence electrons. The minimum Gasteiger partial charge on any atom is -0.408 e. The molecule has 0 aliphatic carbocycles. The van der Waals surface area contributed by atoms with E-state index in [0.29, 0.717) is 17.6 Å². The van der Waals surface area contributed by atoms with Crippen molar-refractivity contribution in [2.45, 2.75) is 12.5 Å². The largest absolute Gasteiger partial charge is 0.419 e. The number of hydrogen-bond acceptors (Lipinski definition) is 6. The summed E-state index contributed by atoms with van der Waals surface area (Å²) in [6.45, 7) is 0.314. The second-order valence-corrected chi connectivity index (χ2v) is 8.61. The lowest BCUT2D eigenvalue weighted by molar-refractivity contribution is 0.528. The molecule has 9 heteroatoms. The molecule has 0 saturated carbocycles. The van der Waals surface area contributed by atoms with Crippen molar-refractivity contribution in [3.8, 4) is 17.2 Å². The second-order valence-electron chi connectivity index (χ2n) is 6.73. The summed E-state index contributed by atoms with van der Waals surface area (Å²) in [7, 11) is -0.198. The van der Waals surface area contributed by atoms with Crippen LogP contribution >= 0.6 is 0 Å². The zero-order chi connectivity index (χ0) is 21.0. The van der Waals surface area contributed by atoms with E-state index in [1.165, 1.54) is 4.57 Å². The first-order chi connectivity index (χ1) is 13.8. The predicted molar refractivity (Wildman–Crippen MR) is 111 cm³/mol. The van der Waals surface area contributed by atoms with E-state index in [9.17, 15) is 18.5 Å². The van der Waals surface area contributed by atoms with Gasteiger partial charge in [0.15, 0.2) is 5.58 Å². The molecule has 0 unspecified atom stereocenters. The number of fused-ring (bicyclic) bond motifs is 1. The van der Waals surface area contributed by atoms with Gasteiger partial charge in [0.05, 0.1) is 17.3 Å². The maximum absolute atomic E-state index is 12.0. The topological polar surface area (TPSA) is 117 Å². The fraction of sp³-hybridized carbons (Fsp3) is 0.300. The van der Waals surface area contributed by atoms with Crippen molar-refractivity contribution in [2.24, 2.45) is 7.05 Å². The minimum atomic E-state index is -3.52. The van der Waals surface area contributed by atoms with Crippen molar-refractivity contribution >= 4 is 21.1 Å². The summed E-state index contributed by atoms with van der Waals surface area (Å²) in [4.78, 5) is 11.6. The zero-order valence-corrected chi connectivity index (χ0v) is 17.0. The van der Waals surface area contributed by atoms with Crippen molar-refractivity contribution in [2.75, 3.05) is 19.3 Å².